The van der Waals surface area contributed by atoms with Crippen LogP contribution in [0, 0.1) is 5.92 Å². The smallest absolute Gasteiger partial charge is 0.231 e. The SMILES string of the molecule is COCC(C)CNC(C)CCc1ccc2c(c1)OCO2. The lowest BCUT2D eigenvalue weighted by Crippen LogP contribution is -2.32. The Morgan fingerprint density at radius 3 is 2.85 bits per heavy atom. The molecule has 112 valence electrons. The minimum atomic E-state index is 0.341. The highest BCUT2D eigenvalue weighted by Gasteiger charge is 2.13. The van der Waals surface area contributed by atoms with Crippen LogP contribution in [0.3, 0.4) is 0 Å². The molecule has 0 aromatic heterocycles. The number of aryl methyl sites for hydroxylation is 1. The Balaban J connectivity index is 1.72. The first kappa shape index (κ1) is 15.1. The Morgan fingerprint density at radius 1 is 1.25 bits per heavy atom. The molecule has 1 aromatic rings. The van der Waals surface area contributed by atoms with E-state index in [1.807, 2.05) is 6.07 Å². The minimum Gasteiger partial charge on any atom is -0.454 e. The average molecular weight is 279 g/mol. The molecular weight excluding hydrogens is 254 g/mol. The quantitative estimate of drug-likeness (QED) is 0.794. The van der Waals surface area contributed by atoms with Gasteiger partial charge in [0.25, 0.3) is 0 Å². The lowest BCUT2D eigenvalue weighted by Gasteiger charge is -2.17. The molecule has 2 rings (SSSR count). The van der Waals surface area contributed by atoms with Gasteiger partial charge in [0.1, 0.15) is 0 Å². The van der Waals surface area contributed by atoms with E-state index in [1.165, 1.54) is 5.56 Å². The third-order valence-corrected chi connectivity index (χ3v) is 3.57. The maximum absolute atomic E-state index is 5.40. The van der Waals surface area contributed by atoms with Gasteiger partial charge in [0, 0.05) is 26.3 Å². The summed E-state index contributed by atoms with van der Waals surface area (Å²) in [6.07, 6.45) is 2.16. The average Bonchev–Trinajstić information content (AvgIpc) is 2.90. The summed E-state index contributed by atoms with van der Waals surface area (Å²) in [6, 6.07) is 6.70. The summed E-state index contributed by atoms with van der Waals surface area (Å²) in [7, 11) is 1.75. The number of ether oxygens (including phenoxy) is 3. The van der Waals surface area contributed by atoms with Crippen molar-refractivity contribution in [3.05, 3.63) is 23.8 Å². The van der Waals surface area contributed by atoms with Gasteiger partial charge in [-0.3, -0.25) is 0 Å². The van der Waals surface area contributed by atoms with Gasteiger partial charge in [0.2, 0.25) is 6.79 Å². The molecule has 1 aliphatic rings. The van der Waals surface area contributed by atoms with E-state index in [0.29, 0.717) is 18.8 Å². The maximum Gasteiger partial charge on any atom is 0.231 e. The molecule has 20 heavy (non-hydrogen) atoms. The zero-order chi connectivity index (χ0) is 14.4. The lowest BCUT2D eigenvalue weighted by atomic mass is 10.0. The molecule has 0 amide bonds. The molecule has 1 aromatic carbocycles. The summed E-state index contributed by atoms with van der Waals surface area (Å²) in [5.41, 5.74) is 1.30. The highest BCUT2D eigenvalue weighted by molar-refractivity contribution is 5.44. The van der Waals surface area contributed by atoms with E-state index in [-0.39, 0.29) is 0 Å². The van der Waals surface area contributed by atoms with Gasteiger partial charge in [0.05, 0.1) is 0 Å². The normalized spacial score (nSPS) is 16.1. The molecule has 2 atom stereocenters. The number of methoxy groups -OCH3 is 1. The Morgan fingerprint density at radius 2 is 2.05 bits per heavy atom. The zero-order valence-corrected chi connectivity index (χ0v) is 12.6. The first-order chi connectivity index (χ1) is 9.69. The first-order valence-corrected chi connectivity index (χ1v) is 7.30. The summed E-state index contributed by atoms with van der Waals surface area (Å²) in [5, 5.41) is 3.55. The second-order valence-electron chi connectivity index (χ2n) is 5.60. The largest absolute Gasteiger partial charge is 0.454 e. The van der Waals surface area contributed by atoms with E-state index >= 15 is 0 Å². The van der Waals surface area contributed by atoms with Crippen LogP contribution in [0.5, 0.6) is 11.5 Å². The highest BCUT2D eigenvalue weighted by atomic mass is 16.7. The third kappa shape index (κ3) is 4.39. The molecule has 4 nitrogen and oxygen atoms in total. The highest BCUT2D eigenvalue weighted by Crippen LogP contribution is 2.32. The van der Waals surface area contributed by atoms with Gasteiger partial charge in [-0.15, -0.1) is 0 Å². The van der Waals surface area contributed by atoms with Crippen LogP contribution < -0.4 is 14.8 Å². The van der Waals surface area contributed by atoms with Crippen molar-refractivity contribution < 1.29 is 14.2 Å². The molecular formula is C16H25NO3. The zero-order valence-electron chi connectivity index (χ0n) is 12.6. The van der Waals surface area contributed by atoms with E-state index in [9.17, 15) is 0 Å². The number of hydrogen-bond donors (Lipinski definition) is 1. The molecule has 0 radical (unpaired) electrons. The van der Waals surface area contributed by atoms with Crippen molar-refractivity contribution >= 4 is 0 Å². The van der Waals surface area contributed by atoms with Gasteiger partial charge >= 0.3 is 0 Å². The van der Waals surface area contributed by atoms with Crippen LogP contribution in [0.15, 0.2) is 18.2 Å². The van der Waals surface area contributed by atoms with Crippen LogP contribution in [0.25, 0.3) is 0 Å². The summed E-state index contributed by atoms with van der Waals surface area (Å²) < 4.78 is 15.9. The fraction of sp³-hybridized carbons (Fsp3) is 0.625. The van der Waals surface area contributed by atoms with Crippen molar-refractivity contribution in [1.82, 2.24) is 5.32 Å². The van der Waals surface area contributed by atoms with Crippen LogP contribution in [0.4, 0.5) is 0 Å². The van der Waals surface area contributed by atoms with Crippen LogP contribution >= 0.6 is 0 Å². The third-order valence-electron chi connectivity index (χ3n) is 3.57. The van der Waals surface area contributed by atoms with Crippen LogP contribution in [-0.2, 0) is 11.2 Å². The fourth-order valence-corrected chi connectivity index (χ4v) is 2.33. The Hall–Kier alpha value is -1.26. The van der Waals surface area contributed by atoms with Gasteiger partial charge in [-0.25, -0.2) is 0 Å². The standard InChI is InChI=1S/C16H25NO3/c1-12(10-18-3)9-17-13(2)4-5-14-6-7-15-16(8-14)20-11-19-15/h6-8,12-13,17H,4-5,9-11H2,1-3H3. The van der Waals surface area contributed by atoms with E-state index < -0.39 is 0 Å². The number of benzene rings is 1. The number of rotatable bonds is 8. The number of fused-ring (bicyclic) bond motifs is 1. The summed E-state index contributed by atoms with van der Waals surface area (Å²) in [4.78, 5) is 0. The molecule has 4 heteroatoms. The van der Waals surface area contributed by atoms with Crippen LogP contribution in [0.1, 0.15) is 25.8 Å². The van der Waals surface area contributed by atoms with Crippen LogP contribution in [-0.4, -0.2) is 33.1 Å². The van der Waals surface area contributed by atoms with Crippen molar-refractivity contribution in [1.29, 1.82) is 0 Å². The van der Waals surface area contributed by atoms with Crippen molar-refractivity contribution in [2.45, 2.75) is 32.7 Å². The van der Waals surface area contributed by atoms with E-state index in [4.69, 9.17) is 14.2 Å². The van der Waals surface area contributed by atoms with Gasteiger partial charge in [-0.2, -0.15) is 0 Å². The second-order valence-corrected chi connectivity index (χ2v) is 5.60. The van der Waals surface area contributed by atoms with Crippen molar-refractivity contribution in [2.24, 2.45) is 5.92 Å². The van der Waals surface area contributed by atoms with Crippen molar-refractivity contribution in [2.75, 3.05) is 27.1 Å². The molecule has 2 unspecified atom stereocenters. The Kier molecular flexibility index (Phi) is 5.68. The molecule has 0 saturated carbocycles. The molecule has 0 bridgehead atoms. The predicted octanol–water partition coefficient (Wildman–Crippen LogP) is 2.61. The molecule has 1 aliphatic heterocycles. The van der Waals surface area contributed by atoms with Crippen molar-refractivity contribution in [3.8, 4) is 11.5 Å². The number of nitrogens with one attached hydrogen (secondary N) is 1. The minimum absolute atomic E-state index is 0.341. The molecule has 0 aliphatic carbocycles. The van der Waals surface area contributed by atoms with E-state index in [2.05, 4.69) is 31.3 Å². The van der Waals surface area contributed by atoms with Gasteiger partial charge < -0.3 is 19.5 Å². The maximum atomic E-state index is 5.40. The fourth-order valence-electron chi connectivity index (χ4n) is 2.33. The molecule has 0 saturated heterocycles. The molecule has 1 N–H and O–H groups in total. The van der Waals surface area contributed by atoms with Gasteiger partial charge in [-0.1, -0.05) is 13.0 Å². The van der Waals surface area contributed by atoms with E-state index in [1.54, 1.807) is 7.11 Å². The number of hydrogen-bond acceptors (Lipinski definition) is 4. The lowest BCUT2D eigenvalue weighted by molar-refractivity contribution is 0.157. The first-order valence-electron chi connectivity index (χ1n) is 7.30. The summed E-state index contributed by atoms with van der Waals surface area (Å²) in [6.45, 7) is 6.57. The predicted molar refractivity (Wildman–Crippen MR) is 79.4 cm³/mol. The molecule has 0 fully saturated rings. The second kappa shape index (κ2) is 7.50. The monoisotopic (exact) mass is 279 g/mol. The van der Waals surface area contributed by atoms with E-state index in [0.717, 1.165) is 37.5 Å². The summed E-state index contributed by atoms with van der Waals surface area (Å²) >= 11 is 0. The summed E-state index contributed by atoms with van der Waals surface area (Å²) in [5.74, 6) is 2.28. The Labute approximate surface area is 121 Å². The van der Waals surface area contributed by atoms with Crippen molar-refractivity contribution in [3.63, 3.8) is 0 Å². The van der Waals surface area contributed by atoms with Gasteiger partial charge in [0.15, 0.2) is 11.5 Å². The molecule has 0 spiro atoms. The topological polar surface area (TPSA) is 39.7 Å². The van der Waals surface area contributed by atoms with Gasteiger partial charge in [-0.05, 0) is 43.4 Å². The Bertz CT molecular complexity index is 422. The molecule has 1 heterocycles. The van der Waals surface area contributed by atoms with Crippen LogP contribution in [0.2, 0.25) is 0 Å².